The van der Waals surface area contributed by atoms with E-state index >= 15 is 0 Å². The van der Waals surface area contributed by atoms with Crippen molar-refractivity contribution < 1.29 is 0 Å². The van der Waals surface area contributed by atoms with Gasteiger partial charge in [0.05, 0.1) is 0 Å². The summed E-state index contributed by atoms with van der Waals surface area (Å²) in [6.45, 7) is 4.32. The van der Waals surface area contributed by atoms with Gasteiger partial charge >= 0.3 is 0 Å². The van der Waals surface area contributed by atoms with E-state index in [1.165, 1.54) is 12.8 Å². The Hall–Kier alpha value is 0.250. The third kappa shape index (κ3) is 2.15. The Kier molecular flexibility index (Phi) is 2.97. The lowest BCUT2D eigenvalue weighted by Crippen LogP contribution is -2.37. The van der Waals surface area contributed by atoms with Crippen LogP contribution in [0.5, 0.6) is 0 Å². The van der Waals surface area contributed by atoms with E-state index in [0.717, 1.165) is 12.3 Å². The van der Waals surface area contributed by atoms with E-state index in [1.54, 1.807) is 0 Å². The van der Waals surface area contributed by atoms with Gasteiger partial charge in [0.15, 0.2) is 0 Å². The van der Waals surface area contributed by atoms with E-state index in [1.807, 2.05) is 0 Å². The highest BCUT2D eigenvalue weighted by molar-refractivity contribution is 5.85. The Morgan fingerprint density at radius 3 is 2.11 bits per heavy atom. The van der Waals surface area contributed by atoms with Crippen molar-refractivity contribution in [2.24, 2.45) is 11.7 Å². The molecule has 56 valence electrons. The van der Waals surface area contributed by atoms with Crippen molar-refractivity contribution in [3.05, 3.63) is 0 Å². The van der Waals surface area contributed by atoms with Crippen LogP contribution in [0.1, 0.15) is 33.1 Å². The second-order valence-electron chi connectivity index (χ2n) is 3.13. The second-order valence-corrected chi connectivity index (χ2v) is 3.13. The molecule has 1 fully saturated rings. The van der Waals surface area contributed by atoms with Crippen molar-refractivity contribution in [3.63, 3.8) is 0 Å². The lowest BCUT2D eigenvalue weighted by molar-refractivity contribution is 0.395. The summed E-state index contributed by atoms with van der Waals surface area (Å²) in [4.78, 5) is 0. The van der Waals surface area contributed by atoms with Gasteiger partial charge < -0.3 is 5.73 Å². The zero-order valence-electron chi connectivity index (χ0n) is 6.18. The summed E-state index contributed by atoms with van der Waals surface area (Å²) >= 11 is 0. The van der Waals surface area contributed by atoms with E-state index in [0.29, 0.717) is 0 Å². The van der Waals surface area contributed by atoms with Crippen molar-refractivity contribution in [1.82, 2.24) is 0 Å². The Bertz CT molecular complexity index is 86.9. The second kappa shape index (κ2) is 2.89. The van der Waals surface area contributed by atoms with Crippen LogP contribution in [0.2, 0.25) is 0 Å². The van der Waals surface area contributed by atoms with Gasteiger partial charge in [-0.2, -0.15) is 0 Å². The minimum atomic E-state index is 0. The molecule has 0 aliphatic heterocycles. The van der Waals surface area contributed by atoms with E-state index in [4.69, 9.17) is 5.73 Å². The lowest BCUT2D eigenvalue weighted by Gasteiger charge is -2.21. The molecular formula is C7H16ClN. The molecule has 1 atom stereocenters. The van der Waals surface area contributed by atoms with Crippen LogP contribution in [0.25, 0.3) is 0 Å². The molecule has 1 rings (SSSR count). The molecule has 1 saturated carbocycles. The first-order valence-electron chi connectivity index (χ1n) is 3.45. The van der Waals surface area contributed by atoms with Gasteiger partial charge in [0.25, 0.3) is 0 Å². The highest BCUT2D eigenvalue weighted by Crippen LogP contribution is 2.39. The molecule has 0 bridgehead atoms. The summed E-state index contributed by atoms with van der Waals surface area (Å²) in [6, 6.07) is 0. The molecule has 2 N–H and O–H groups in total. The molecular weight excluding hydrogens is 134 g/mol. The molecule has 1 unspecified atom stereocenters. The Labute approximate surface area is 63.4 Å². The fourth-order valence-corrected chi connectivity index (χ4v) is 1.03. The first-order valence-corrected chi connectivity index (χ1v) is 3.45. The van der Waals surface area contributed by atoms with Crippen LogP contribution in [0.3, 0.4) is 0 Å². The van der Waals surface area contributed by atoms with Crippen LogP contribution in [-0.2, 0) is 0 Å². The molecule has 0 amide bonds. The van der Waals surface area contributed by atoms with Gasteiger partial charge in [0.2, 0.25) is 0 Å². The molecule has 0 spiro atoms. The Morgan fingerprint density at radius 2 is 2.00 bits per heavy atom. The van der Waals surface area contributed by atoms with Gasteiger partial charge in [-0.25, -0.2) is 0 Å². The van der Waals surface area contributed by atoms with Crippen molar-refractivity contribution in [2.75, 3.05) is 0 Å². The largest absolute Gasteiger partial charge is 0.325 e. The average Bonchev–Trinajstić information content (AvgIpc) is 2.44. The van der Waals surface area contributed by atoms with Crippen molar-refractivity contribution >= 4 is 12.4 Å². The van der Waals surface area contributed by atoms with Crippen LogP contribution in [0, 0.1) is 5.92 Å². The zero-order valence-corrected chi connectivity index (χ0v) is 7.00. The number of halogens is 1. The minimum absolute atomic E-state index is 0. The van der Waals surface area contributed by atoms with Gasteiger partial charge in [0, 0.05) is 5.54 Å². The quantitative estimate of drug-likeness (QED) is 0.638. The van der Waals surface area contributed by atoms with Gasteiger partial charge in [-0.05, 0) is 32.1 Å². The maximum absolute atomic E-state index is 5.92. The van der Waals surface area contributed by atoms with Crippen LogP contribution >= 0.6 is 12.4 Å². The molecule has 1 aliphatic rings. The highest BCUT2D eigenvalue weighted by Gasteiger charge is 2.36. The average molecular weight is 150 g/mol. The lowest BCUT2D eigenvalue weighted by atomic mass is 9.94. The Balaban J connectivity index is 0.000000640. The predicted molar refractivity (Wildman–Crippen MR) is 42.9 cm³/mol. The third-order valence-electron chi connectivity index (χ3n) is 2.27. The molecule has 0 radical (unpaired) electrons. The van der Waals surface area contributed by atoms with E-state index in [2.05, 4.69) is 13.8 Å². The molecule has 9 heavy (non-hydrogen) atoms. The molecule has 0 saturated heterocycles. The number of hydrogen-bond donors (Lipinski definition) is 1. The monoisotopic (exact) mass is 149 g/mol. The Morgan fingerprint density at radius 1 is 1.56 bits per heavy atom. The summed E-state index contributed by atoms with van der Waals surface area (Å²) < 4.78 is 0. The summed E-state index contributed by atoms with van der Waals surface area (Å²) in [6.07, 6.45) is 3.85. The number of hydrogen-bond acceptors (Lipinski definition) is 1. The SMILES string of the molecule is CCC(C)(N)C1CC1.Cl. The number of nitrogens with two attached hydrogens (primary N) is 1. The van der Waals surface area contributed by atoms with Crippen LogP contribution < -0.4 is 5.73 Å². The molecule has 2 heteroatoms. The van der Waals surface area contributed by atoms with Crippen LogP contribution in [-0.4, -0.2) is 5.54 Å². The fraction of sp³-hybridized carbons (Fsp3) is 1.00. The topological polar surface area (TPSA) is 26.0 Å². The minimum Gasteiger partial charge on any atom is -0.325 e. The smallest absolute Gasteiger partial charge is 0.0151 e. The fourth-order valence-electron chi connectivity index (χ4n) is 1.03. The van der Waals surface area contributed by atoms with Gasteiger partial charge in [-0.15, -0.1) is 12.4 Å². The summed E-state index contributed by atoms with van der Waals surface area (Å²) in [5, 5.41) is 0. The molecule has 0 aromatic rings. The van der Waals surface area contributed by atoms with Crippen LogP contribution in [0.4, 0.5) is 0 Å². The van der Waals surface area contributed by atoms with Gasteiger partial charge in [-0.1, -0.05) is 6.92 Å². The molecule has 1 nitrogen and oxygen atoms in total. The van der Waals surface area contributed by atoms with Gasteiger partial charge in [0.1, 0.15) is 0 Å². The molecule has 0 aromatic heterocycles. The van der Waals surface area contributed by atoms with Crippen molar-refractivity contribution in [3.8, 4) is 0 Å². The number of rotatable bonds is 2. The van der Waals surface area contributed by atoms with Crippen molar-refractivity contribution in [2.45, 2.75) is 38.6 Å². The maximum atomic E-state index is 5.92. The molecule has 1 aliphatic carbocycles. The van der Waals surface area contributed by atoms with Gasteiger partial charge in [-0.3, -0.25) is 0 Å². The normalized spacial score (nSPS) is 24.3. The third-order valence-corrected chi connectivity index (χ3v) is 2.27. The standard InChI is InChI=1S/C7H15N.ClH/c1-3-7(2,8)6-4-5-6;/h6H,3-5,8H2,1-2H3;1H. The summed E-state index contributed by atoms with van der Waals surface area (Å²) in [5.41, 5.74) is 6.07. The maximum Gasteiger partial charge on any atom is 0.0151 e. The first-order chi connectivity index (χ1) is 3.67. The highest BCUT2D eigenvalue weighted by atomic mass is 35.5. The van der Waals surface area contributed by atoms with E-state index < -0.39 is 0 Å². The summed E-state index contributed by atoms with van der Waals surface area (Å²) in [5.74, 6) is 0.840. The molecule has 0 aromatic carbocycles. The van der Waals surface area contributed by atoms with Crippen LogP contribution in [0.15, 0.2) is 0 Å². The van der Waals surface area contributed by atoms with Crippen molar-refractivity contribution in [1.29, 1.82) is 0 Å². The summed E-state index contributed by atoms with van der Waals surface area (Å²) in [7, 11) is 0. The predicted octanol–water partition coefficient (Wildman–Crippen LogP) is 1.95. The first kappa shape index (κ1) is 9.25. The zero-order chi connectivity index (χ0) is 6.20. The molecule has 0 heterocycles. The van der Waals surface area contributed by atoms with E-state index in [9.17, 15) is 0 Å². The van der Waals surface area contributed by atoms with E-state index in [-0.39, 0.29) is 17.9 Å².